The van der Waals surface area contributed by atoms with E-state index >= 15 is 0 Å². The summed E-state index contributed by atoms with van der Waals surface area (Å²) in [7, 11) is 1.49. The third-order valence-electron chi connectivity index (χ3n) is 4.10. The number of carbonyl (C=O) groups excluding carboxylic acids is 1. The number of ether oxygens (including phenoxy) is 2. The number of anilines is 1. The maximum Gasteiger partial charge on any atom is 0.248 e. The molecule has 0 aromatic heterocycles. The molecule has 7 heteroatoms. The topological polar surface area (TPSA) is 47.6 Å². The van der Waals surface area contributed by atoms with Crippen molar-refractivity contribution in [2.45, 2.75) is 6.61 Å². The highest BCUT2D eigenvalue weighted by molar-refractivity contribution is 9.10. The van der Waals surface area contributed by atoms with Gasteiger partial charge in [-0.15, -0.1) is 0 Å². The maximum absolute atomic E-state index is 13.8. The molecular formula is C23H18BrF2NO3. The molecule has 1 N–H and O–H groups in total. The van der Waals surface area contributed by atoms with Crippen molar-refractivity contribution in [1.29, 1.82) is 0 Å². The molecule has 3 aromatic rings. The van der Waals surface area contributed by atoms with Crippen molar-refractivity contribution < 1.29 is 23.0 Å². The van der Waals surface area contributed by atoms with E-state index in [1.165, 1.54) is 37.5 Å². The largest absolute Gasteiger partial charge is 0.493 e. The zero-order valence-corrected chi connectivity index (χ0v) is 17.6. The fourth-order valence-corrected chi connectivity index (χ4v) is 3.24. The lowest BCUT2D eigenvalue weighted by atomic mass is 10.1. The summed E-state index contributed by atoms with van der Waals surface area (Å²) in [6.45, 7) is 0.0346. The second-order valence-electron chi connectivity index (χ2n) is 6.25. The van der Waals surface area contributed by atoms with E-state index in [0.717, 1.165) is 0 Å². The molecule has 154 valence electrons. The number of benzene rings is 3. The minimum Gasteiger partial charge on any atom is -0.493 e. The second-order valence-corrected chi connectivity index (χ2v) is 7.10. The van der Waals surface area contributed by atoms with Gasteiger partial charge in [-0.2, -0.15) is 0 Å². The molecule has 3 rings (SSSR count). The summed E-state index contributed by atoms with van der Waals surface area (Å²) in [5.41, 5.74) is 1.45. The first-order valence-electron chi connectivity index (χ1n) is 8.94. The summed E-state index contributed by atoms with van der Waals surface area (Å²) in [6.07, 6.45) is 2.91. The van der Waals surface area contributed by atoms with Crippen molar-refractivity contribution in [2.75, 3.05) is 12.4 Å². The molecule has 0 aliphatic carbocycles. The fourth-order valence-electron chi connectivity index (χ4n) is 2.66. The molecule has 0 unspecified atom stereocenters. The number of rotatable bonds is 7. The predicted molar refractivity (Wildman–Crippen MR) is 115 cm³/mol. The SMILES string of the molecule is COc1cc(/C=C/C(=O)Nc2cccc(F)c2)cc(Br)c1OCc1ccccc1F. The van der Waals surface area contributed by atoms with E-state index in [9.17, 15) is 13.6 Å². The van der Waals surface area contributed by atoms with Crippen molar-refractivity contribution >= 4 is 33.6 Å². The van der Waals surface area contributed by atoms with Gasteiger partial charge >= 0.3 is 0 Å². The van der Waals surface area contributed by atoms with Crippen LogP contribution in [-0.2, 0) is 11.4 Å². The molecule has 0 radical (unpaired) electrons. The van der Waals surface area contributed by atoms with Crippen LogP contribution in [-0.4, -0.2) is 13.0 Å². The number of hydrogen-bond acceptors (Lipinski definition) is 3. The second kappa shape index (κ2) is 10.0. The fraction of sp³-hybridized carbons (Fsp3) is 0.0870. The van der Waals surface area contributed by atoms with E-state index in [0.29, 0.717) is 32.8 Å². The molecular weight excluding hydrogens is 456 g/mol. The van der Waals surface area contributed by atoms with Crippen LogP contribution in [0.25, 0.3) is 6.08 Å². The van der Waals surface area contributed by atoms with Crippen molar-refractivity contribution in [3.63, 3.8) is 0 Å². The molecule has 4 nitrogen and oxygen atoms in total. The Balaban J connectivity index is 1.72. The average Bonchev–Trinajstić information content (AvgIpc) is 2.72. The zero-order chi connectivity index (χ0) is 21.5. The Morgan fingerprint density at radius 2 is 1.90 bits per heavy atom. The van der Waals surface area contributed by atoms with Gasteiger partial charge in [0.15, 0.2) is 11.5 Å². The van der Waals surface area contributed by atoms with Crippen molar-refractivity contribution in [3.05, 3.63) is 94.0 Å². The molecule has 0 atom stereocenters. The highest BCUT2D eigenvalue weighted by atomic mass is 79.9. The van der Waals surface area contributed by atoms with Crippen LogP contribution in [0.4, 0.5) is 14.5 Å². The Bertz CT molecular complexity index is 1090. The lowest BCUT2D eigenvalue weighted by molar-refractivity contribution is -0.111. The lowest BCUT2D eigenvalue weighted by Gasteiger charge is -2.14. The molecule has 0 spiro atoms. The first kappa shape index (κ1) is 21.5. The summed E-state index contributed by atoms with van der Waals surface area (Å²) in [6, 6.07) is 15.4. The third-order valence-corrected chi connectivity index (χ3v) is 4.69. The average molecular weight is 474 g/mol. The van der Waals surface area contributed by atoms with Gasteiger partial charge in [0, 0.05) is 17.3 Å². The van der Waals surface area contributed by atoms with Crippen LogP contribution in [0.15, 0.2) is 71.2 Å². The molecule has 0 saturated carbocycles. The summed E-state index contributed by atoms with van der Waals surface area (Å²) in [4.78, 5) is 12.1. The third kappa shape index (κ3) is 5.67. The van der Waals surface area contributed by atoms with Crippen LogP contribution in [0, 0.1) is 11.6 Å². The molecule has 0 aliphatic heterocycles. The van der Waals surface area contributed by atoms with Gasteiger partial charge in [-0.3, -0.25) is 4.79 Å². The minimum absolute atomic E-state index is 0.0346. The van der Waals surface area contributed by atoms with Gasteiger partial charge in [0.25, 0.3) is 0 Å². The van der Waals surface area contributed by atoms with E-state index in [2.05, 4.69) is 21.2 Å². The minimum atomic E-state index is -0.434. The van der Waals surface area contributed by atoms with Gasteiger partial charge in [-0.05, 0) is 64.0 Å². The number of nitrogens with one attached hydrogen (secondary N) is 1. The van der Waals surface area contributed by atoms with Crippen LogP contribution in [0.5, 0.6) is 11.5 Å². The van der Waals surface area contributed by atoms with Crippen molar-refractivity contribution in [1.82, 2.24) is 0 Å². The standard InChI is InChI=1S/C23H18BrF2NO3/c1-29-21-12-15(9-10-22(28)27-18-7-4-6-17(25)13-18)11-19(24)23(21)30-14-16-5-2-3-8-20(16)26/h2-13H,14H2,1H3,(H,27,28)/b10-9+. The van der Waals surface area contributed by atoms with Crippen LogP contribution >= 0.6 is 15.9 Å². The predicted octanol–water partition coefficient (Wildman–Crippen LogP) is 5.97. The summed E-state index contributed by atoms with van der Waals surface area (Å²) >= 11 is 3.42. The van der Waals surface area contributed by atoms with E-state index in [1.807, 2.05) is 0 Å². The van der Waals surface area contributed by atoms with Gasteiger partial charge < -0.3 is 14.8 Å². The Hall–Kier alpha value is -3.19. The van der Waals surface area contributed by atoms with Crippen molar-refractivity contribution in [3.8, 4) is 11.5 Å². The normalized spacial score (nSPS) is 10.8. The molecule has 30 heavy (non-hydrogen) atoms. The smallest absolute Gasteiger partial charge is 0.248 e. The Morgan fingerprint density at radius 1 is 1.10 bits per heavy atom. The summed E-state index contributed by atoms with van der Waals surface area (Å²) in [5, 5.41) is 2.58. The first-order chi connectivity index (χ1) is 14.5. The van der Waals surface area contributed by atoms with Crippen LogP contribution in [0.2, 0.25) is 0 Å². The zero-order valence-electron chi connectivity index (χ0n) is 16.0. The summed E-state index contributed by atoms with van der Waals surface area (Å²) in [5.74, 6) is -0.351. The van der Waals surface area contributed by atoms with E-state index < -0.39 is 11.7 Å². The molecule has 0 heterocycles. The monoisotopic (exact) mass is 473 g/mol. The quantitative estimate of drug-likeness (QED) is 0.430. The number of methoxy groups -OCH3 is 1. The Labute approximate surface area is 181 Å². The summed E-state index contributed by atoms with van der Waals surface area (Å²) < 4.78 is 38.7. The van der Waals surface area contributed by atoms with Gasteiger partial charge in [0.2, 0.25) is 5.91 Å². The van der Waals surface area contributed by atoms with E-state index in [4.69, 9.17) is 9.47 Å². The first-order valence-corrected chi connectivity index (χ1v) is 9.74. The Kier molecular flexibility index (Phi) is 7.19. The highest BCUT2D eigenvalue weighted by Gasteiger charge is 2.12. The molecule has 0 bridgehead atoms. The number of hydrogen-bond donors (Lipinski definition) is 1. The van der Waals surface area contributed by atoms with Gasteiger partial charge in [-0.1, -0.05) is 24.3 Å². The molecule has 0 fully saturated rings. The number of halogens is 3. The molecule has 0 saturated heterocycles. The molecule has 1 amide bonds. The van der Waals surface area contributed by atoms with Gasteiger partial charge in [0.05, 0.1) is 11.6 Å². The number of carbonyl (C=O) groups is 1. The van der Waals surface area contributed by atoms with E-state index in [-0.39, 0.29) is 12.4 Å². The highest BCUT2D eigenvalue weighted by Crippen LogP contribution is 2.37. The van der Waals surface area contributed by atoms with Crippen LogP contribution in [0.1, 0.15) is 11.1 Å². The van der Waals surface area contributed by atoms with Crippen LogP contribution < -0.4 is 14.8 Å². The lowest BCUT2D eigenvalue weighted by Crippen LogP contribution is -2.07. The van der Waals surface area contributed by atoms with Crippen LogP contribution in [0.3, 0.4) is 0 Å². The molecule has 3 aromatic carbocycles. The van der Waals surface area contributed by atoms with Crippen molar-refractivity contribution in [2.24, 2.45) is 0 Å². The molecule has 0 aliphatic rings. The van der Waals surface area contributed by atoms with Gasteiger partial charge in [-0.25, -0.2) is 8.78 Å². The Morgan fingerprint density at radius 3 is 2.63 bits per heavy atom. The maximum atomic E-state index is 13.8. The number of amides is 1. The van der Waals surface area contributed by atoms with E-state index in [1.54, 1.807) is 42.5 Å². The van der Waals surface area contributed by atoms with Gasteiger partial charge in [0.1, 0.15) is 18.2 Å².